The molecule has 164 valence electrons. The van der Waals surface area contributed by atoms with Gasteiger partial charge in [0.05, 0.1) is 35.9 Å². The number of nitrogens with zero attached hydrogens (tertiary/aromatic N) is 3. The van der Waals surface area contributed by atoms with Crippen molar-refractivity contribution in [1.29, 1.82) is 5.26 Å². The Morgan fingerprint density at radius 1 is 1.19 bits per heavy atom. The first-order chi connectivity index (χ1) is 15.7. The van der Waals surface area contributed by atoms with E-state index in [9.17, 15) is 10.4 Å². The highest BCUT2D eigenvalue weighted by atomic mass is 16.5. The van der Waals surface area contributed by atoms with Crippen molar-refractivity contribution in [3.63, 3.8) is 0 Å². The van der Waals surface area contributed by atoms with E-state index in [1.165, 1.54) is 0 Å². The van der Waals surface area contributed by atoms with Crippen molar-refractivity contribution in [2.24, 2.45) is 5.73 Å². The average molecular weight is 430 g/mol. The molecular formula is C25H27N5O2. The van der Waals surface area contributed by atoms with E-state index < -0.39 is 0 Å². The summed E-state index contributed by atoms with van der Waals surface area (Å²) >= 11 is 0. The summed E-state index contributed by atoms with van der Waals surface area (Å²) in [6.45, 7) is 3.59. The topological polar surface area (TPSA) is 111 Å². The van der Waals surface area contributed by atoms with Gasteiger partial charge in [0.25, 0.3) is 0 Å². The van der Waals surface area contributed by atoms with Crippen LogP contribution in [0.2, 0.25) is 0 Å². The summed E-state index contributed by atoms with van der Waals surface area (Å²) in [5.41, 5.74) is 9.99. The monoisotopic (exact) mass is 429 g/mol. The van der Waals surface area contributed by atoms with E-state index in [4.69, 9.17) is 10.5 Å². The molecule has 0 atom stereocenters. The molecule has 1 aliphatic rings. The summed E-state index contributed by atoms with van der Waals surface area (Å²) in [5.74, 6) is 0.676. The van der Waals surface area contributed by atoms with Crippen molar-refractivity contribution >= 4 is 32.7 Å². The predicted molar refractivity (Wildman–Crippen MR) is 126 cm³/mol. The number of nitriles is 1. The van der Waals surface area contributed by atoms with Gasteiger partial charge in [0, 0.05) is 52.1 Å². The Morgan fingerprint density at radius 2 is 2.03 bits per heavy atom. The average Bonchev–Trinajstić information content (AvgIpc) is 3.20. The number of rotatable bonds is 6. The third kappa shape index (κ3) is 3.89. The van der Waals surface area contributed by atoms with Gasteiger partial charge in [-0.3, -0.25) is 4.98 Å². The SMILES string of the molecule is N#Cc1ccc2c(c1)[nH]c1c3cc(CO)c(OCCCN4CCC(N)CC4)cc3ncc21. The number of ether oxygens (including phenoxy) is 1. The molecule has 0 bridgehead atoms. The number of nitrogens with one attached hydrogen (secondary N) is 1. The third-order valence-corrected chi connectivity index (χ3v) is 6.43. The maximum absolute atomic E-state index is 9.98. The van der Waals surface area contributed by atoms with Crippen LogP contribution in [0.15, 0.2) is 36.5 Å². The molecule has 5 rings (SSSR count). The minimum absolute atomic E-state index is 0.107. The van der Waals surface area contributed by atoms with Gasteiger partial charge >= 0.3 is 0 Å². The summed E-state index contributed by atoms with van der Waals surface area (Å²) in [5, 5.41) is 22.1. The fraction of sp³-hybridized carbons (Fsp3) is 0.360. The van der Waals surface area contributed by atoms with E-state index in [0.717, 1.165) is 77.2 Å². The highest BCUT2D eigenvalue weighted by Crippen LogP contribution is 2.33. The first-order valence-electron chi connectivity index (χ1n) is 11.1. The maximum atomic E-state index is 9.98. The standard InChI is InChI=1S/C25H27N5O2/c26-13-16-2-3-19-21-14-28-22-12-24(32-9-1-6-30-7-4-18(27)5-8-30)17(15-31)11-20(22)25(21)29-23(19)10-16/h2-3,10-12,14,18,29,31H,1,4-9,15,27H2. The van der Waals surface area contributed by atoms with Gasteiger partial charge in [-0.05, 0) is 50.6 Å². The Kier molecular flexibility index (Phi) is 5.66. The quantitative estimate of drug-likeness (QED) is 0.405. The molecule has 32 heavy (non-hydrogen) atoms. The lowest BCUT2D eigenvalue weighted by Gasteiger charge is -2.29. The number of aliphatic hydroxyl groups is 1. The van der Waals surface area contributed by atoms with Gasteiger partial charge in [0.1, 0.15) is 5.75 Å². The third-order valence-electron chi connectivity index (χ3n) is 6.43. The minimum Gasteiger partial charge on any atom is -0.493 e. The molecule has 0 aliphatic carbocycles. The molecule has 1 saturated heterocycles. The van der Waals surface area contributed by atoms with Crippen molar-refractivity contribution in [3.05, 3.63) is 47.7 Å². The molecule has 3 heterocycles. The number of aromatic nitrogens is 2. The van der Waals surface area contributed by atoms with Crippen LogP contribution in [-0.2, 0) is 6.61 Å². The minimum atomic E-state index is -0.107. The number of nitrogens with two attached hydrogens (primary N) is 1. The van der Waals surface area contributed by atoms with E-state index in [2.05, 4.69) is 20.9 Å². The van der Waals surface area contributed by atoms with Gasteiger partial charge in [-0.25, -0.2) is 0 Å². The maximum Gasteiger partial charge on any atom is 0.126 e. The molecule has 2 aromatic heterocycles. The van der Waals surface area contributed by atoms with Gasteiger partial charge in [0.2, 0.25) is 0 Å². The molecular weight excluding hydrogens is 402 g/mol. The summed E-state index contributed by atoms with van der Waals surface area (Å²) in [6, 6.07) is 12.0. The van der Waals surface area contributed by atoms with Gasteiger partial charge in [0.15, 0.2) is 0 Å². The van der Waals surface area contributed by atoms with Crippen LogP contribution >= 0.6 is 0 Å². The lowest BCUT2D eigenvalue weighted by atomic mass is 10.1. The Hall–Kier alpha value is -3.18. The number of fused-ring (bicyclic) bond motifs is 5. The van der Waals surface area contributed by atoms with Crippen molar-refractivity contribution in [3.8, 4) is 11.8 Å². The molecule has 4 N–H and O–H groups in total. The number of aromatic amines is 1. The number of pyridine rings is 1. The molecule has 7 nitrogen and oxygen atoms in total. The van der Waals surface area contributed by atoms with E-state index in [1.807, 2.05) is 36.5 Å². The molecule has 2 aromatic carbocycles. The van der Waals surface area contributed by atoms with Crippen molar-refractivity contribution in [2.45, 2.75) is 31.9 Å². The summed E-state index contributed by atoms with van der Waals surface area (Å²) in [7, 11) is 0. The number of H-pyrrole nitrogens is 1. The highest BCUT2D eigenvalue weighted by Gasteiger charge is 2.16. The van der Waals surface area contributed by atoms with Crippen LogP contribution in [0.5, 0.6) is 5.75 Å². The number of piperidine rings is 1. The van der Waals surface area contributed by atoms with Crippen molar-refractivity contribution < 1.29 is 9.84 Å². The first-order valence-corrected chi connectivity index (χ1v) is 11.1. The fourth-order valence-corrected chi connectivity index (χ4v) is 4.60. The van der Waals surface area contributed by atoms with Gasteiger partial charge in [-0.15, -0.1) is 0 Å². The van der Waals surface area contributed by atoms with Crippen LogP contribution in [0.4, 0.5) is 0 Å². The molecule has 0 saturated carbocycles. The second-order valence-corrected chi connectivity index (χ2v) is 8.56. The van der Waals surface area contributed by atoms with Gasteiger partial charge in [-0.2, -0.15) is 5.26 Å². The molecule has 1 fully saturated rings. The Labute approximate surface area is 186 Å². The summed E-state index contributed by atoms with van der Waals surface area (Å²) in [6.07, 6.45) is 4.90. The number of hydrogen-bond donors (Lipinski definition) is 3. The van der Waals surface area contributed by atoms with Gasteiger partial charge < -0.3 is 25.5 Å². The van der Waals surface area contributed by atoms with Crippen LogP contribution < -0.4 is 10.5 Å². The second kappa shape index (κ2) is 8.75. The number of benzene rings is 2. The summed E-state index contributed by atoms with van der Waals surface area (Å²) < 4.78 is 6.05. The Morgan fingerprint density at radius 3 is 2.81 bits per heavy atom. The zero-order valence-electron chi connectivity index (χ0n) is 18.0. The summed E-state index contributed by atoms with van der Waals surface area (Å²) in [4.78, 5) is 10.5. The molecule has 0 unspecified atom stereocenters. The smallest absolute Gasteiger partial charge is 0.126 e. The van der Waals surface area contributed by atoms with E-state index >= 15 is 0 Å². The lowest BCUT2D eigenvalue weighted by Crippen LogP contribution is -2.40. The van der Waals surface area contributed by atoms with Crippen LogP contribution in [0, 0.1) is 11.3 Å². The zero-order valence-corrected chi connectivity index (χ0v) is 18.0. The molecule has 0 radical (unpaired) electrons. The largest absolute Gasteiger partial charge is 0.493 e. The molecule has 1 aliphatic heterocycles. The molecule has 0 amide bonds. The van der Waals surface area contributed by atoms with Crippen LogP contribution in [-0.4, -0.2) is 52.3 Å². The highest BCUT2D eigenvalue weighted by molar-refractivity contribution is 6.16. The number of aliphatic hydroxyl groups excluding tert-OH is 1. The fourth-order valence-electron chi connectivity index (χ4n) is 4.60. The zero-order chi connectivity index (χ0) is 22.1. The van der Waals surface area contributed by atoms with Crippen LogP contribution in [0.25, 0.3) is 32.7 Å². The Bertz CT molecular complexity index is 1320. The van der Waals surface area contributed by atoms with E-state index in [-0.39, 0.29) is 6.61 Å². The van der Waals surface area contributed by atoms with Crippen molar-refractivity contribution in [1.82, 2.24) is 14.9 Å². The molecule has 4 aromatic rings. The van der Waals surface area contributed by atoms with E-state index in [0.29, 0.717) is 24.0 Å². The lowest BCUT2D eigenvalue weighted by molar-refractivity contribution is 0.192. The number of hydrogen-bond acceptors (Lipinski definition) is 6. The molecule has 0 spiro atoms. The predicted octanol–water partition coefficient (Wildman–Crippen LogP) is 3.43. The Balaban J connectivity index is 1.39. The molecule has 7 heteroatoms. The van der Waals surface area contributed by atoms with Crippen molar-refractivity contribution in [2.75, 3.05) is 26.2 Å². The normalized spacial score (nSPS) is 15.5. The van der Waals surface area contributed by atoms with Crippen LogP contribution in [0.3, 0.4) is 0 Å². The van der Waals surface area contributed by atoms with Crippen LogP contribution in [0.1, 0.15) is 30.4 Å². The van der Waals surface area contributed by atoms with Gasteiger partial charge in [-0.1, -0.05) is 6.07 Å². The first kappa shape index (κ1) is 20.7. The second-order valence-electron chi connectivity index (χ2n) is 8.56. The number of likely N-dealkylation sites (tertiary alicyclic amines) is 1. The van der Waals surface area contributed by atoms with E-state index in [1.54, 1.807) is 0 Å².